The molecule has 1 aliphatic rings. The maximum Gasteiger partial charge on any atom is 0.137 e. The first-order valence-corrected chi connectivity index (χ1v) is 7.72. The molecule has 1 saturated carbocycles. The molecule has 0 atom stereocenters. The van der Waals surface area contributed by atoms with Crippen molar-refractivity contribution < 1.29 is 8.78 Å². The lowest BCUT2D eigenvalue weighted by Gasteiger charge is -2.15. The molecular formula is C17H20F2N2. The van der Waals surface area contributed by atoms with Gasteiger partial charge in [0.15, 0.2) is 0 Å². The molecular weight excluding hydrogens is 270 g/mol. The number of hydrogen-bond donors (Lipinski definition) is 1. The fraction of sp³-hybridized carbons (Fsp3) is 0.471. The first kappa shape index (κ1) is 14.2. The van der Waals surface area contributed by atoms with Crippen molar-refractivity contribution in [1.82, 2.24) is 4.98 Å². The predicted octanol–water partition coefficient (Wildman–Crippen LogP) is 4.99. The topological polar surface area (TPSA) is 24.9 Å². The van der Waals surface area contributed by atoms with E-state index in [-0.39, 0.29) is 0 Å². The summed E-state index contributed by atoms with van der Waals surface area (Å²) in [4.78, 5) is 4.53. The fourth-order valence-corrected chi connectivity index (χ4v) is 3.14. The Labute approximate surface area is 123 Å². The molecule has 1 fully saturated rings. The Hall–Kier alpha value is -1.71. The second kappa shape index (κ2) is 5.96. The maximum absolute atomic E-state index is 14.1. The molecule has 1 heterocycles. The van der Waals surface area contributed by atoms with Gasteiger partial charge in [0.2, 0.25) is 0 Å². The van der Waals surface area contributed by atoms with E-state index in [9.17, 15) is 8.78 Å². The average Bonchev–Trinajstić information content (AvgIpc) is 2.97. The lowest BCUT2D eigenvalue weighted by Crippen LogP contribution is -2.05. The highest BCUT2D eigenvalue weighted by molar-refractivity contribution is 5.92. The third-order valence-electron chi connectivity index (χ3n) is 4.18. The average molecular weight is 290 g/mol. The van der Waals surface area contributed by atoms with Crippen molar-refractivity contribution in [3.63, 3.8) is 0 Å². The summed E-state index contributed by atoms with van der Waals surface area (Å²) in [7, 11) is 0. The number of nitrogens with zero attached hydrogens (tertiary/aromatic N) is 1. The second-order valence-electron chi connectivity index (χ2n) is 5.78. The van der Waals surface area contributed by atoms with Crippen molar-refractivity contribution in [1.29, 1.82) is 0 Å². The number of rotatable bonds is 4. The monoisotopic (exact) mass is 290 g/mol. The number of aromatic nitrogens is 1. The van der Waals surface area contributed by atoms with Crippen molar-refractivity contribution in [3.05, 3.63) is 35.5 Å². The molecule has 3 rings (SSSR count). The van der Waals surface area contributed by atoms with Crippen molar-refractivity contribution in [2.45, 2.75) is 44.9 Å². The number of nitrogens with one attached hydrogen (secondary N) is 1. The van der Waals surface area contributed by atoms with Crippen LogP contribution in [-0.2, 0) is 0 Å². The number of anilines is 1. The van der Waals surface area contributed by atoms with Crippen LogP contribution in [0.5, 0.6) is 0 Å². The summed E-state index contributed by atoms with van der Waals surface area (Å²) < 4.78 is 27.6. The Morgan fingerprint density at radius 2 is 1.95 bits per heavy atom. The molecule has 2 aromatic rings. The summed E-state index contributed by atoms with van der Waals surface area (Å²) in [6, 6.07) is 4.21. The molecule has 21 heavy (non-hydrogen) atoms. The standard InChI is InChI=1S/C17H20F2N2/c1-2-7-20-15-10-14(11-5-3-4-6-11)21-16-9-12(18)8-13(19)17(15)16/h8-11H,2-7H2,1H3,(H,20,21). The highest BCUT2D eigenvalue weighted by Gasteiger charge is 2.21. The molecule has 2 nitrogen and oxygen atoms in total. The molecule has 1 aromatic carbocycles. The second-order valence-corrected chi connectivity index (χ2v) is 5.78. The van der Waals surface area contributed by atoms with Crippen LogP contribution in [0.4, 0.5) is 14.5 Å². The van der Waals surface area contributed by atoms with E-state index in [1.165, 1.54) is 18.9 Å². The van der Waals surface area contributed by atoms with E-state index in [4.69, 9.17) is 0 Å². The predicted molar refractivity (Wildman–Crippen MR) is 81.6 cm³/mol. The molecule has 4 heteroatoms. The molecule has 112 valence electrons. The van der Waals surface area contributed by atoms with Gasteiger partial charge >= 0.3 is 0 Å². The Balaban J connectivity index is 2.13. The normalized spacial score (nSPS) is 15.8. The summed E-state index contributed by atoms with van der Waals surface area (Å²) >= 11 is 0. The van der Waals surface area contributed by atoms with Gasteiger partial charge in [-0.25, -0.2) is 8.78 Å². The van der Waals surface area contributed by atoms with E-state index < -0.39 is 11.6 Å². The zero-order chi connectivity index (χ0) is 14.8. The van der Waals surface area contributed by atoms with Gasteiger partial charge in [-0.1, -0.05) is 19.8 Å². The minimum Gasteiger partial charge on any atom is -0.384 e. The summed E-state index contributed by atoms with van der Waals surface area (Å²) in [6.07, 6.45) is 5.59. The number of benzene rings is 1. The molecule has 0 radical (unpaired) electrons. The minimum atomic E-state index is -0.572. The molecule has 1 aromatic heterocycles. The highest BCUT2D eigenvalue weighted by atomic mass is 19.1. The molecule has 0 aliphatic heterocycles. The van der Waals surface area contributed by atoms with Crippen LogP contribution in [0.3, 0.4) is 0 Å². The van der Waals surface area contributed by atoms with Crippen molar-refractivity contribution in [2.24, 2.45) is 0 Å². The van der Waals surface area contributed by atoms with Crippen LogP contribution in [0.15, 0.2) is 18.2 Å². The van der Waals surface area contributed by atoms with Gasteiger partial charge in [0, 0.05) is 36.0 Å². The summed E-state index contributed by atoms with van der Waals surface area (Å²) in [5.74, 6) is -0.700. The molecule has 0 bridgehead atoms. The Morgan fingerprint density at radius 1 is 1.19 bits per heavy atom. The Morgan fingerprint density at radius 3 is 2.67 bits per heavy atom. The van der Waals surface area contributed by atoms with E-state index in [0.29, 0.717) is 16.8 Å². The van der Waals surface area contributed by atoms with Gasteiger partial charge in [0.1, 0.15) is 11.6 Å². The van der Waals surface area contributed by atoms with Gasteiger partial charge in [-0.05, 0) is 25.3 Å². The quantitative estimate of drug-likeness (QED) is 0.857. The van der Waals surface area contributed by atoms with Gasteiger partial charge in [-0.2, -0.15) is 0 Å². The minimum absolute atomic E-state index is 0.395. The van der Waals surface area contributed by atoms with E-state index >= 15 is 0 Å². The number of halogens is 2. The maximum atomic E-state index is 14.1. The van der Waals surface area contributed by atoms with Crippen molar-refractivity contribution in [2.75, 3.05) is 11.9 Å². The summed E-state index contributed by atoms with van der Waals surface area (Å²) in [6.45, 7) is 2.82. The van der Waals surface area contributed by atoms with Gasteiger partial charge in [-0.15, -0.1) is 0 Å². The summed E-state index contributed by atoms with van der Waals surface area (Å²) in [5.41, 5.74) is 2.11. The van der Waals surface area contributed by atoms with Crippen LogP contribution >= 0.6 is 0 Å². The molecule has 1 N–H and O–H groups in total. The number of pyridine rings is 1. The van der Waals surface area contributed by atoms with Crippen LogP contribution in [0, 0.1) is 11.6 Å². The van der Waals surface area contributed by atoms with Gasteiger partial charge < -0.3 is 5.32 Å². The number of hydrogen-bond acceptors (Lipinski definition) is 2. The highest BCUT2D eigenvalue weighted by Crippen LogP contribution is 2.36. The zero-order valence-electron chi connectivity index (χ0n) is 12.3. The fourth-order valence-electron chi connectivity index (χ4n) is 3.14. The lowest BCUT2D eigenvalue weighted by atomic mass is 10.0. The summed E-state index contributed by atoms with van der Waals surface area (Å²) in [5, 5.41) is 3.65. The third kappa shape index (κ3) is 2.85. The zero-order valence-corrected chi connectivity index (χ0v) is 12.3. The lowest BCUT2D eigenvalue weighted by molar-refractivity contribution is 0.591. The van der Waals surface area contributed by atoms with Crippen molar-refractivity contribution in [3.8, 4) is 0 Å². The molecule has 0 amide bonds. The Bertz CT molecular complexity index is 649. The van der Waals surface area contributed by atoms with Gasteiger partial charge in [0.05, 0.1) is 10.9 Å². The van der Waals surface area contributed by atoms with Crippen LogP contribution in [0.25, 0.3) is 10.9 Å². The molecule has 1 aliphatic carbocycles. The first-order chi connectivity index (χ1) is 10.2. The molecule has 0 saturated heterocycles. The van der Waals surface area contributed by atoms with E-state index in [2.05, 4.69) is 17.2 Å². The van der Waals surface area contributed by atoms with E-state index in [0.717, 1.165) is 43.3 Å². The van der Waals surface area contributed by atoms with E-state index in [1.54, 1.807) is 0 Å². The molecule has 0 unspecified atom stereocenters. The van der Waals surface area contributed by atoms with Crippen LogP contribution in [0.1, 0.15) is 50.6 Å². The first-order valence-electron chi connectivity index (χ1n) is 7.72. The third-order valence-corrected chi connectivity index (χ3v) is 4.18. The SMILES string of the molecule is CCCNc1cc(C2CCCC2)nc2cc(F)cc(F)c12. The largest absolute Gasteiger partial charge is 0.384 e. The smallest absolute Gasteiger partial charge is 0.137 e. The van der Waals surface area contributed by atoms with Crippen LogP contribution in [-0.4, -0.2) is 11.5 Å². The Kier molecular flexibility index (Phi) is 4.04. The van der Waals surface area contributed by atoms with Gasteiger partial charge in [-0.3, -0.25) is 4.98 Å². The van der Waals surface area contributed by atoms with Crippen molar-refractivity contribution >= 4 is 16.6 Å². The molecule has 0 spiro atoms. The number of fused-ring (bicyclic) bond motifs is 1. The van der Waals surface area contributed by atoms with Crippen LogP contribution in [0.2, 0.25) is 0 Å². The van der Waals surface area contributed by atoms with Gasteiger partial charge in [0.25, 0.3) is 0 Å². The van der Waals surface area contributed by atoms with E-state index in [1.807, 2.05) is 6.07 Å². The van der Waals surface area contributed by atoms with Crippen LogP contribution < -0.4 is 5.32 Å².